The fraction of sp³-hybridized carbons (Fsp3) is 0.667. The van der Waals surface area contributed by atoms with Gasteiger partial charge in [-0.2, -0.15) is 0 Å². The van der Waals surface area contributed by atoms with Crippen LogP contribution >= 0.6 is 0 Å². The maximum atomic E-state index is 5.83. The van der Waals surface area contributed by atoms with Crippen molar-refractivity contribution in [3.05, 3.63) is 18.2 Å². The monoisotopic (exact) mass is 180 g/mol. The standard InChI is InChI=1S/C9H16N4/c1-12-7-11-4-9(12)6-13-3-2-8(10)5-13/h4,7-8H,2-3,5-6,10H2,1H3/t8-/m0/s1. The molecular formula is C9H16N4. The third kappa shape index (κ3) is 1.89. The second-order valence-electron chi connectivity index (χ2n) is 3.78. The number of nitrogens with zero attached hydrogens (tertiary/aromatic N) is 3. The molecule has 0 saturated carbocycles. The summed E-state index contributed by atoms with van der Waals surface area (Å²) in [4.78, 5) is 6.46. The van der Waals surface area contributed by atoms with E-state index >= 15 is 0 Å². The second-order valence-corrected chi connectivity index (χ2v) is 3.78. The Morgan fingerprint density at radius 2 is 2.54 bits per heavy atom. The molecular weight excluding hydrogens is 164 g/mol. The lowest BCUT2D eigenvalue weighted by Crippen LogP contribution is -2.26. The van der Waals surface area contributed by atoms with Crippen LogP contribution in [0.4, 0.5) is 0 Å². The normalized spacial score (nSPS) is 24.0. The van der Waals surface area contributed by atoms with E-state index in [2.05, 4.69) is 14.5 Å². The van der Waals surface area contributed by atoms with E-state index in [0.29, 0.717) is 6.04 Å². The highest BCUT2D eigenvalue weighted by Gasteiger charge is 2.19. The molecule has 1 aliphatic rings. The minimum Gasteiger partial charge on any atom is -0.337 e. The number of hydrogen-bond donors (Lipinski definition) is 1. The number of aryl methyl sites for hydroxylation is 1. The highest BCUT2D eigenvalue weighted by molar-refractivity contribution is 4.98. The van der Waals surface area contributed by atoms with Gasteiger partial charge in [0.1, 0.15) is 0 Å². The highest BCUT2D eigenvalue weighted by Crippen LogP contribution is 2.10. The first-order chi connectivity index (χ1) is 6.25. The van der Waals surface area contributed by atoms with Gasteiger partial charge in [0.2, 0.25) is 0 Å². The van der Waals surface area contributed by atoms with E-state index in [0.717, 1.165) is 26.1 Å². The highest BCUT2D eigenvalue weighted by atomic mass is 15.2. The summed E-state index contributed by atoms with van der Waals surface area (Å²) in [6.45, 7) is 3.11. The number of nitrogens with two attached hydrogens (primary N) is 1. The average Bonchev–Trinajstić information content (AvgIpc) is 2.64. The summed E-state index contributed by atoms with van der Waals surface area (Å²) in [7, 11) is 2.03. The fourth-order valence-electron chi connectivity index (χ4n) is 1.77. The third-order valence-electron chi connectivity index (χ3n) is 2.61. The first-order valence-corrected chi connectivity index (χ1v) is 4.69. The van der Waals surface area contributed by atoms with E-state index in [-0.39, 0.29) is 0 Å². The molecule has 1 aliphatic heterocycles. The molecule has 1 atom stereocenters. The van der Waals surface area contributed by atoms with Crippen LogP contribution in [-0.4, -0.2) is 33.6 Å². The summed E-state index contributed by atoms with van der Waals surface area (Å²) in [5.74, 6) is 0. The summed E-state index contributed by atoms with van der Waals surface area (Å²) < 4.78 is 2.06. The van der Waals surface area contributed by atoms with E-state index in [1.807, 2.05) is 19.6 Å². The van der Waals surface area contributed by atoms with Gasteiger partial charge in [-0.25, -0.2) is 4.98 Å². The molecule has 1 aromatic heterocycles. The second kappa shape index (κ2) is 3.47. The zero-order valence-corrected chi connectivity index (χ0v) is 7.98. The van der Waals surface area contributed by atoms with E-state index in [1.54, 1.807) is 0 Å². The molecule has 2 rings (SSSR count). The lowest BCUT2D eigenvalue weighted by Gasteiger charge is -2.14. The van der Waals surface area contributed by atoms with Crippen LogP contribution in [0.5, 0.6) is 0 Å². The molecule has 0 aromatic carbocycles. The minimum absolute atomic E-state index is 0.369. The van der Waals surface area contributed by atoms with Crippen molar-refractivity contribution < 1.29 is 0 Å². The maximum Gasteiger partial charge on any atom is 0.0945 e. The molecule has 0 aliphatic carbocycles. The van der Waals surface area contributed by atoms with Gasteiger partial charge < -0.3 is 10.3 Å². The van der Waals surface area contributed by atoms with Gasteiger partial charge in [-0.1, -0.05) is 0 Å². The van der Waals surface area contributed by atoms with E-state index in [1.165, 1.54) is 5.69 Å². The predicted octanol–water partition coefficient (Wildman–Crippen LogP) is -0.0469. The molecule has 0 bridgehead atoms. The number of hydrogen-bond acceptors (Lipinski definition) is 3. The first-order valence-electron chi connectivity index (χ1n) is 4.69. The molecule has 0 radical (unpaired) electrons. The Hall–Kier alpha value is -0.870. The molecule has 2 N–H and O–H groups in total. The Morgan fingerprint density at radius 3 is 3.08 bits per heavy atom. The summed E-state index contributed by atoms with van der Waals surface area (Å²) >= 11 is 0. The fourth-order valence-corrected chi connectivity index (χ4v) is 1.77. The maximum absolute atomic E-state index is 5.83. The Kier molecular flexibility index (Phi) is 2.33. The first kappa shape index (κ1) is 8.72. The van der Waals surface area contributed by atoms with Crippen molar-refractivity contribution in [3.63, 3.8) is 0 Å². The van der Waals surface area contributed by atoms with Crippen LogP contribution in [0.15, 0.2) is 12.5 Å². The Morgan fingerprint density at radius 1 is 1.69 bits per heavy atom. The zero-order chi connectivity index (χ0) is 9.26. The van der Waals surface area contributed by atoms with Gasteiger partial charge in [0.05, 0.1) is 12.0 Å². The lowest BCUT2D eigenvalue weighted by molar-refractivity contribution is 0.319. The number of imidazole rings is 1. The van der Waals surface area contributed by atoms with Crippen LogP contribution in [0.2, 0.25) is 0 Å². The average molecular weight is 180 g/mol. The molecule has 0 unspecified atom stereocenters. The van der Waals surface area contributed by atoms with Crippen LogP contribution in [0.3, 0.4) is 0 Å². The van der Waals surface area contributed by atoms with E-state index in [4.69, 9.17) is 5.73 Å². The molecule has 0 amide bonds. The van der Waals surface area contributed by atoms with Crippen molar-refractivity contribution in [2.45, 2.75) is 19.0 Å². The Labute approximate surface area is 78.4 Å². The van der Waals surface area contributed by atoms with Gasteiger partial charge in [-0.05, 0) is 6.42 Å². The molecule has 4 nitrogen and oxygen atoms in total. The number of aromatic nitrogens is 2. The van der Waals surface area contributed by atoms with Crippen LogP contribution in [0.25, 0.3) is 0 Å². The number of likely N-dealkylation sites (tertiary alicyclic amines) is 1. The van der Waals surface area contributed by atoms with Crippen molar-refractivity contribution in [2.24, 2.45) is 12.8 Å². The zero-order valence-electron chi connectivity index (χ0n) is 7.98. The summed E-state index contributed by atoms with van der Waals surface area (Å²) in [5.41, 5.74) is 7.09. The largest absolute Gasteiger partial charge is 0.337 e. The Balaban J connectivity index is 1.95. The number of rotatable bonds is 2. The minimum atomic E-state index is 0.369. The van der Waals surface area contributed by atoms with Crippen molar-refractivity contribution in [1.82, 2.24) is 14.5 Å². The van der Waals surface area contributed by atoms with Crippen molar-refractivity contribution in [3.8, 4) is 0 Å². The van der Waals surface area contributed by atoms with E-state index < -0.39 is 0 Å². The molecule has 2 heterocycles. The van der Waals surface area contributed by atoms with Crippen LogP contribution in [0.1, 0.15) is 12.1 Å². The van der Waals surface area contributed by atoms with Gasteiger partial charge in [0, 0.05) is 38.9 Å². The molecule has 1 aromatic rings. The van der Waals surface area contributed by atoms with Crippen LogP contribution in [-0.2, 0) is 13.6 Å². The molecule has 1 saturated heterocycles. The van der Waals surface area contributed by atoms with Gasteiger partial charge in [-0.3, -0.25) is 4.90 Å². The van der Waals surface area contributed by atoms with Gasteiger partial charge in [0.25, 0.3) is 0 Å². The Bertz CT molecular complexity index is 281. The van der Waals surface area contributed by atoms with Crippen LogP contribution < -0.4 is 5.73 Å². The molecule has 1 fully saturated rings. The quantitative estimate of drug-likeness (QED) is 0.694. The molecule has 13 heavy (non-hydrogen) atoms. The third-order valence-corrected chi connectivity index (χ3v) is 2.61. The smallest absolute Gasteiger partial charge is 0.0945 e. The van der Waals surface area contributed by atoms with Gasteiger partial charge in [0.15, 0.2) is 0 Å². The topological polar surface area (TPSA) is 47.1 Å². The lowest BCUT2D eigenvalue weighted by atomic mass is 10.3. The van der Waals surface area contributed by atoms with Gasteiger partial charge >= 0.3 is 0 Å². The molecule has 4 heteroatoms. The van der Waals surface area contributed by atoms with Crippen molar-refractivity contribution in [2.75, 3.05) is 13.1 Å². The predicted molar refractivity (Wildman–Crippen MR) is 51.1 cm³/mol. The SMILES string of the molecule is Cn1cncc1CN1CC[C@H](N)C1. The molecule has 72 valence electrons. The van der Waals surface area contributed by atoms with Gasteiger partial charge in [-0.15, -0.1) is 0 Å². The molecule has 0 spiro atoms. The van der Waals surface area contributed by atoms with Crippen molar-refractivity contribution >= 4 is 0 Å². The summed E-state index contributed by atoms with van der Waals surface area (Å²) in [6.07, 6.45) is 4.88. The summed E-state index contributed by atoms with van der Waals surface area (Å²) in [6, 6.07) is 0.369. The van der Waals surface area contributed by atoms with E-state index in [9.17, 15) is 0 Å². The van der Waals surface area contributed by atoms with Crippen molar-refractivity contribution in [1.29, 1.82) is 0 Å². The van der Waals surface area contributed by atoms with Crippen LogP contribution in [0, 0.1) is 0 Å². The summed E-state index contributed by atoms with van der Waals surface area (Å²) in [5, 5.41) is 0.